The first-order valence-electron chi connectivity index (χ1n) is 8.02. The van der Waals surface area contributed by atoms with Crippen molar-refractivity contribution < 1.29 is 24.9 Å². The zero-order valence-corrected chi connectivity index (χ0v) is 13.8. The molecule has 7 nitrogen and oxygen atoms in total. The smallest absolute Gasteiger partial charge is 0.326 e. The van der Waals surface area contributed by atoms with Crippen molar-refractivity contribution in [2.45, 2.75) is 18.9 Å². The summed E-state index contributed by atoms with van der Waals surface area (Å²) >= 11 is 0. The number of phenols is 2. The molecule has 0 aliphatic carbocycles. The number of aromatic hydroxyl groups is 2. The molecule has 7 heteroatoms. The van der Waals surface area contributed by atoms with E-state index in [4.69, 9.17) is 0 Å². The predicted molar refractivity (Wildman–Crippen MR) is 94.9 cm³/mol. The topological polar surface area (TPSA) is 119 Å². The van der Waals surface area contributed by atoms with Gasteiger partial charge < -0.3 is 26.0 Å². The Bertz CT molecular complexity index is 891. The average Bonchev–Trinajstić information content (AvgIpc) is 2.67. The van der Waals surface area contributed by atoms with Crippen LogP contribution in [-0.2, 0) is 22.4 Å². The lowest BCUT2D eigenvalue weighted by Crippen LogP contribution is -2.43. The zero-order chi connectivity index (χ0) is 18.7. The highest BCUT2D eigenvalue weighted by atomic mass is 16.4. The third-order valence-electron chi connectivity index (χ3n) is 4.17. The third-order valence-corrected chi connectivity index (χ3v) is 4.17. The van der Waals surface area contributed by atoms with Crippen LogP contribution in [0.25, 0.3) is 0 Å². The highest BCUT2D eigenvalue weighted by Crippen LogP contribution is 2.26. The number of hydrogen-bond donors (Lipinski definition) is 5. The molecule has 0 saturated heterocycles. The van der Waals surface area contributed by atoms with Gasteiger partial charge in [-0.2, -0.15) is 0 Å². The molecule has 0 fully saturated rings. The van der Waals surface area contributed by atoms with Crippen molar-refractivity contribution in [3.05, 3.63) is 65.4 Å². The number of phenolic OH excluding ortho intramolecular Hbond substituents is 2. The molecular weight excluding hydrogens is 336 g/mol. The van der Waals surface area contributed by atoms with Gasteiger partial charge in [0.25, 0.3) is 0 Å². The molecule has 1 aliphatic rings. The van der Waals surface area contributed by atoms with Crippen molar-refractivity contribution in [2.24, 2.45) is 0 Å². The summed E-state index contributed by atoms with van der Waals surface area (Å²) in [6.07, 6.45) is 1.84. The van der Waals surface area contributed by atoms with Crippen LogP contribution >= 0.6 is 0 Å². The van der Waals surface area contributed by atoms with Crippen LogP contribution in [0, 0.1) is 0 Å². The van der Waals surface area contributed by atoms with Gasteiger partial charge in [0.05, 0.1) is 0 Å². The Morgan fingerprint density at radius 2 is 1.88 bits per heavy atom. The maximum atomic E-state index is 12.5. The number of carbonyl (C=O) groups is 2. The summed E-state index contributed by atoms with van der Waals surface area (Å²) in [6, 6.07) is 10.5. The van der Waals surface area contributed by atoms with Crippen LogP contribution < -0.4 is 10.6 Å². The number of carboxylic acids is 1. The van der Waals surface area contributed by atoms with Gasteiger partial charge in [0, 0.05) is 30.3 Å². The summed E-state index contributed by atoms with van der Waals surface area (Å²) in [5.74, 6) is -2.16. The summed E-state index contributed by atoms with van der Waals surface area (Å²) < 4.78 is 0. The minimum atomic E-state index is -1.11. The molecule has 0 spiro atoms. The van der Waals surface area contributed by atoms with Gasteiger partial charge in [0.1, 0.15) is 6.04 Å². The first-order chi connectivity index (χ1) is 12.4. The lowest BCUT2D eigenvalue weighted by Gasteiger charge is -2.15. The van der Waals surface area contributed by atoms with Crippen LogP contribution in [0.4, 0.5) is 5.69 Å². The highest BCUT2D eigenvalue weighted by Gasteiger charge is 2.24. The normalized spacial score (nSPS) is 18.8. The van der Waals surface area contributed by atoms with Crippen molar-refractivity contribution in [1.82, 2.24) is 5.32 Å². The molecule has 1 atom stereocenters. The lowest BCUT2D eigenvalue weighted by atomic mass is 10.0. The Kier molecular flexibility index (Phi) is 4.79. The van der Waals surface area contributed by atoms with Crippen LogP contribution in [0.1, 0.15) is 11.1 Å². The number of hydrogen-bond acceptors (Lipinski definition) is 5. The number of rotatable bonds is 3. The molecule has 0 saturated carbocycles. The number of anilines is 1. The fourth-order valence-electron chi connectivity index (χ4n) is 2.77. The van der Waals surface area contributed by atoms with Crippen molar-refractivity contribution >= 4 is 17.6 Å². The molecule has 5 N–H and O–H groups in total. The second-order valence-corrected chi connectivity index (χ2v) is 6.04. The van der Waals surface area contributed by atoms with Crippen molar-refractivity contribution in [3.8, 4) is 11.5 Å². The Hall–Kier alpha value is -3.48. The number of fused-ring (bicyclic) bond motifs is 1. The molecule has 1 aliphatic heterocycles. The molecule has 2 aromatic rings. The number of nitrogens with one attached hydrogen (secondary N) is 2. The van der Waals surface area contributed by atoms with Crippen molar-refractivity contribution in [3.63, 3.8) is 0 Å². The van der Waals surface area contributed by atoms with Gasteiger partial charge in [0.15, 0.2) is 11.5 Å². The van der Waals surface area contributed by atoms with Crippen LogP contribution in [0.15, 0.2) is 54.2 Å². The second-order valence-electron chi connectivity index (χ2n) is 6.04. The minimum Gasteiger partial charge on any atom is -0.504 e. The minimum absolute atomic E-state index is 0.154. The molecule has 0 unspecified atom stereocenters. The molecule has 26 heavy (non-hydrogen) atoms. The van der Waals surface area contributed by atoms with E-state index in [0.29, 0.717) is 11.1 Å². The van der Waals surface area contributed by atoms with E-state index in [1.807, 2.05) is 18.2 Å². The van der Waals surface area contributed by atoms with Crippen LogP contribution in [0.5, 0.6) is 11.5 Å². The van der Waals surface area contributed by atoms with Gasteiger partial charge in [-0.25, -0.2) is 4.79 Å². The summed E-state index contributed by atoms with van der Waals surface area (Å²) in [7, 11) is 0. The van der Waals surface area contributed by atoms with Gasteiger partial charge >= 0.3 is 5.97 Å². The Morgan fingerprint density at radius 3 is 2.62 bits per heavy atom. The van der Waals surface area contributed by atoms with Gasteiger partial charge in [-0.15, -0.1) is 0 Å². The molecule has 1 amide bonds. The number of para-hydroxylation sites is 1. The second kappa shape index (κ2) is 7.18. The quantitative estimate of drug-likeness (QED) is 0.536. The molecule has 2 aromatic carbocycles. The van der Waals surface area contributed by atoms with Gasteiger partial charge in [-0.3, -0.25) is 4.79 Å². The van der Waals surface area contributed by atoms with E-state index in [0.717, 1.165) is 11.3 Å². The maximum absolute atomic E-state index is 12.5. The van der Waals surface area contributed by atoms with E-state index in [2.05, 4.69) is 10.6 Å². The van der Waals surface area contributed by atoms with Crippen LogP contribution in [0.2, 0.25) is 0 Å². The third kappa shape index (κ3) is 3.77. The SMILES string of the molecule is O=C1N[C@@H](C(=O)O)Cc2ccccc2N/C=C\1Cc1ccc(O)c(O)c1. The lowest BCUT2D eigenvalue weighted by molar-refractivity contribution is -0.141. The first kappa shape index (κ1) is 17.3. The van der Waals surface area contributed by atoms with E-state index >= 15 is 0 Å². The fraction of sp³-hybridized carbons (Fsp3) is 0.158. The molecule has 0 radical (unpaired) electrons. The first-order valence-corrected chi connectivity index (χ1v) is 8.02. The molecule has 134 valence electrons. The number of amides is 1. The Morgan fingerprint density at radius 1 is 1.12 bits per heavy atom. The number of aliphatic carboxylic acids is 1. The summed E-state index contributed by atoms with van der Waals surface area (Å²) in [5.41, 5.74) is 2.40. The number of benzene rings is 2. The monoisotopic (exact) mass is 354 g/mol. The van der Waals surface area contributed by atoms with E-state index < -0.39 is 17.9 Å². The molecule has 1 heterocycles. The van der Waals surface area contributed by atoms with Crippen molar-refractivity contribution in [1.29, 1.82) is 0 Å². The number of carboxylic acid groups (broad SMARTS) is 1. The summed E-state index contributed by atoms with van der Waals surface area (Å²) in [6.45, 7) is 0. The number of carbonyl (C=O) groups excluding carboxylic acids is 1. The summed E-state index contributed by atoms with van der Waals surface area (Å²) in [4.78, 5) is 24.1. The summed E-state index contributed by atoms with van der Waals surface area (Å²) in [5, 5.41) is 34.0. The molecular formula is C19H18N2O5. The predicted octanol–water partition coefficient (Wildman–Crippen LogP) is 1.76. The van der Waals surface area contributed by atoms with Gasteiger partial charge in [0.2, 0.25) is 5.91 Å². The average molecular weight is 354 g/mol. The van der Waals surface area contributed by atoms with Gasteiger partial charge in [-0.05, 0) is 29.3 Å². The largest absolute Gasteiger partial charge is 0.504 e. The molecule has 0 aromatic heterocycles. The Balaban J connectivity index is 1.94. The molecule has 0 bridgehead atoms. The van der Waals surface area contributed by atoms with Gasteiger partial charge in [-0.1, -0.05) is 24.3 Å². The zero-order valence-electron chi connectivity index (χ0n) is 13.8. The van der Waals surface area contributed by atoms with Crippen LogP contribution in [-0.4, -0.2) is 33.2 Å². The van der Waals surface area contributed by atoms with E-state index in [1.54, 1.807) is 12.1 Å². The molecule has 3 rings (SSSR count). The standard InChI is InChI=1S/C19H18N2O5/c22-16-6-5-11(8-17(16)23)7-13-10-20-14-4-2-1-3-12(14)9-15(19(25)26)21-18(13)24/h1-6,8,10,15,20,22-23H,7,9H2,(H,21,24)(H,25,26)/b13-10-/t15-/m1/s1. The van der Waals surface area contributed by atoms with Crippen molar-refractivity contribution in [2.75, 3.05) is 5.32 Å². The fourth-order valence-corrected chi connectivity index (χ4v) is 2.77. The van der Waals surface area contributed by atoms with E-state index in [1.165, 1.54) is 18.3 Å². The van der Waals surface area contributed by atoms with E-state index in [9.17, 15) is 24.9 Å². The van der Waals surface area contributed by atoms with Crippen LogP contribution in [0.3, 0.4) is 0 Å². The van der Waals surface area contributed by atoms with E-state index in [-0.39, 0.29) is 24.3 Å². The Labute approximate surface area is 149 Å². The highest BCUT2D eigenvalue weighted by molar-refractivity contribution is 5.97. The maximum Gasteiger partial charge on any atom is 0.326 e.